The lowest BCUT2D eigenvalue weighted by Gasteiger charge is -2.05. The predicted molar refractivity (Wildman–Crippen MR) is 80.7 cm³/mol. The average Bonchev–Trinajstić information content (AvgIpc) is 3.02. The van der Waals surface area contributed by atoms with Crippen LogP contribution in [0.4, 0.5) is 0 Å². The number of hydrogen-bond donors (Lipinski definition) is 1. The van der Waals surface area contributed by atoms with Crippen molar-refractivity contribution in [3.63, 3.8) is 0 Å². The summed E-state index contributed by atoms with van der Waals surface area (Å²) in [5.41, 5.74) is 1.34. The van der Waals surface area contributed by atoms with Gasteiger partial charge < -0.3 is 9.73 Å². The van der Waals surface area contributed by atoms with Crippen molar-refractivity contribution in [2.75, 3.05) is 6.54 Å². The average molecular weight is 278 g/mol. The van der Waals surface area contributed by atoms with E-state index in [2.05, 4.69) is 42.5 Å². The van der Waals surface area contributed by atoms with Crippen molar-refractivity contribution in [3.8, 4) is 10.6 Å². The zero-order valence-electron chi connectivity index (χ0n) is 11.9. The van der Waals surface area contributed by atoms with Crippen LogP contribution in [-0.4, -0.2) is 17.6 Å². The van der Waals surface area contributed by atoms with Crippen LogP contribution in [0.5, 0.6) is 0 Å². The number of aromatic nitrogens is 1. The molecule has 0 aliphatic heterocycles. The molecular formula is C15H22N2OS. The van der Waals surface area contributed by atoms with Gasteiger partial charge >= 0.3 is 0 Å². The SMILES string of the molecule is CCc1ccsc1-c1cnc(CCCNC(C)C)o1. The highest BCUT2D eigenvalue weighted by molar-refractivity contribution is 7.13. The molecule has 0 aromatic carbocycles. The molecule has 4 heteroatoms. The molecule has 104 valence electrons. The summed E-state index contributed by atoms with van der Waals surface area (Å²) in [4.78, 5) is 5.60. The Balaban J connectivity index is 1.92. The molecular weight excluding hydrogens is 256 g/mol. The van der Waals surface area contributed by atoms with Crippen LogP contribution in [0.3, 0.4) is 0 Å². The summed E-state index contributed by atoms with van der Waals surface area (Å²) in [6.45, 7) is 7.49. The van der Waals surface area contributed by atoms with Crippen LogP contribution in [0.2, 0.25) is 0 Å². The van der Waals surface area contributed by atoms with Crippen LogP contribution in [-0.2, 0) is 12.8 Å². The number of oxazole rings is 1. The van der Waals surface area contributed by atoms with Crippen LogP contribution in [0, 0.1) is 0 Å². The Morgan fingerprint density at radius 1 is 1.42 bits per heavy atom. The van der Waals surface area contributed by atoms with Crippen molar-refractivity contribution in [2.45, 2.75) is 46.1 Å². The molecule has 0 spiro atoms. The third-order valence-electron chi connectivity index (χ3n) is 3.03. The molecule has 3 nitrogen and oxygen atoms in total. The lowest BCUT2D eigenvalue weighted by Crippen LogP contribution is -2.23. The summed E-state index contributed by atoms with van der Waals surface area (Å²) in [6, 6.07) is 2.70. The molecule has 2 heterocycles. The first-order chi connectivity index (χ1) is 9.20. The fourth-order valence-electron chi connectivity index (χ4n) is 1.99. The maximum absolute atomic E-state index is 5.85. The summed E-state index contributed by atoms with van der Waals surface area (Å²) in [6.07, 6.45) is 4.85. The summed E-state index contributed by atoms with van der Waals surface area (Å²) in [5.74, 6) is 1.76. The van der Waals surface area contributed by atoms with E-state index in [1.807, 2.05) is 6.20 Å². The minimum Gasteiger partial charge on any atom is -0.440 e. The molecule has 0 bridgehead atoms. The highest BCUT2D eigenvalue weighted by Gasteiger charge is 2.11. The molecule has 0 fully saturated rings. The topological polar surface area (TPSA) is 38.1 Å². The van der Waals surface area contributed by atoms with Crippen LogP contribution in [0.15, 0.2) is 22.1 Å². The van der Waals surface area contributed by atoms with Crippen molar-refractivity contribution in [1.82, 2.24) is 10.3 Å². The van der Waals surface area contributed by atoms with E-state index < -0.39 is 0 Å². The van der Waals surface area contributed by atoms with Crippen molar-refractivity contribution >= 4 is 11.3 Å². The number of nitrogens with zero attached hydrogens (tertiary/aromatic N) is 1. The zero-order chi connectivity index (χ0) is 13.7. The maximum Gasteiger partial charge on any atom is 0.194 e. The number of nitrogens with one attached hydrogen (secondary N) is 1. The molecule has 2 aromatic heterocycles. The van der Waals surface area contributed by atoms with Crippen molar-refractivity contribution in [1.29, 1.82) is 0 Å². The van der Waals surface area contributed by atoms with E-state index >= 15 is 0 Å². The van der Waals surface area contributed by atoms with E-state index in [1.54, 1.807) is 11.3 Å². The zero-order valence-corrected chi connectivity index (χ0v) is 12.7. The van der Waals surface area contributed by atoms with Gasteiger partial charge in [0.1, 0.15) is 0 Å². The van der Waals surface area contributed by atoms with Crippen LogP contribution in [0.1, 0.15) is 38.6 Å². The quantitative estimate of drug-likeness (QED) is 0.781. The Hall–Kier alpha value is -1.13. The summed E-state index contributed by atoms with van der Waals surface area (Å²) in [5, 5.41) is 5.51. The Morgan fingerprint density at radius 3 is 3.00 bits per heavy atom. The van der Waals surface area contributed by atoms with Gasteiger partial charge in [0.25, 0.3) is 0 Å². The monoisotopic (exact) mass is 278 g/mol. The van der Waals surface area contributed by atoms with Gasteiger partial charge in [0.15, 0.2) is 11.7 Å². The first-order valence-electron chi connectivity index (χ1n) is 6.95. The Kier molecular flexibility index (Phi) is 5.16. The molecule has 0 aliphatic rings. The maximum atomic E-state index is 5.85. The first kappa shape index (κ1) is 14.3. The molecule has 0 radical (unpaired) electrons. The van der Waals surface area contributed by atoms with Crippen LogP contribution in [0.25, 0.3) is 10.6 Å². The molecule has 2 rings (SSSR count). The van der Waals surface area contributed by atoms with E-state index in [9.17, 15) is 0 Å². The third-order valence-corrected chi connectivity index (χ3v) is 4.00. The van der Waals surface area contributed by atoms with Crippen molar-refractivity contribution in [2.24, 2.45) is 0 Å². The molecule has 0 atom stereocenters. The molecule has 0 saturated carbocycles. The van der Waals surface area contributed by atoms with E-state index in [1.165, 1.54) is 10.4 Å². The van der Waals surface area contributed by atoms with Crippen LogP contribution < -0.4 is 5.32 Å². The number of thiophene rings is 1. The number of hydrogen-bond acceptors (Lipinski definition) is 4. The molecule has 0 saturated heterocycles. The lowest BCUT2D eigenvalue weighted by atomic mass is 10.2. The van der Waals surface area contributed by atoms with Gasteiger partial charge in [0.2, 0.25) is 0 Å². The number of rotatable bonds is 7. The van der Waals surface area contributed by atoms with E-state index in [4.69, 9.17) is 4.42 Å². The fraction of sp³-hybridized carbons (Fsp3) is 0.533. The molecule has 1 N–H and O–H groups in total. The van der Waals surface area contributed by atoms with Gasteiger partial charge in [-0.1, -0.05) is 20.8 Å². The lowest BCUT2D eigenvalue weighted by molar-refractivity contribution is 0.485. The second kappa shape index (κ2) is 6.87. The van der Waals surface area contributed by atoms with Crippen LogP contribution >= 0.6 is 11.3 Å². The largest absolute Gasteiger partial charge is 0.440 e. The standard InChI is InChI=1S/C15H22N2OS/c1-4-12-7-9-19-15(12)13-10-17-14(18-13)6-5-8-16-11(2)3/h7,9-11,16H,4-6,8H2,1-3H3. The molecule has 2 aromatic rings. The van der Waals surface area contributed by atoms with Gasteiger partial charge in [-0.2, -0.15) is 0 Å². The van der Waals surface area contributed by atoms with E-state index in [0.717, 1.165) is 37.5 Å². The molecule has 0 aliphatic carbocycles. The second-order valence-electron chi connectivity index (χ2n) is 4.96. The normalized spacial score (nSPS) is 11.4. The molecule has 19 heavy (non-hydrogen) atoms. The minimum atomic E-state index is 0.540. The minimum absolute atomic E-state index is 0.540. The van der Waals surface area contributed by atoms with Crippen molar-refractivity contribution < 1.29 is 4.42 Å². The van der Waals surface area contributed by atoms with Gasteiger partial charge in [-0.3, -0.25) is 0 Å². The summed E-state index contributed by atoms with van der Waals surface area (Å²) >= 11 is 1.73. The summed E-state index contributed by atoms with van der Waals surface area (Å²) in [7, 11) is 0. The van der Waals surface area contributed by atoms with Crippen molar-refractivity contribution in [3.05, 3.63) is 29.1 Å². The highest BCUT2D eigenvalue weighted by Crippen LogP contribution is 2.30. The molecule has 0 amide bonds. The molecule has 0 unspecified atom stereocenters. The fourth-order valence-corrected chi connectivity index (χ4v) is 2.93. The van der Waals surface area contributed by atoms with Gasteiger partial charge in [-0.05, 0) is 36.4 Å². The van der Waals surface area contributed by atoms with Gasteiger partial charge in [-0.15, -0.1) is 11.3 Å². The smallest absolute Gasteiger partial charge is 0.194 e. The van der Waals surface area contributed by atoms with Gasteiger partial charge in [0, 0.05) is 12.5 Å². The van der Waals surface area contributed by atoms with Gasteiger partial charge in [-0.25, -0.2) is 4.98 Å². The first-order valence-corrected chi connectivity index (χ1v) is 7.83. The summed E-state index contributed by atoms with van der Waals surface area (Å²) < 4.78 is 5.85. The van der Waals surface area contributed by atoms with E-state index in [0.29, 0.717) is 6.04 Å². The highest BCUT2D eigenvalue weighted by atomic mass is 32.1. The third kappa shape index (κ3) is 3.91. The second-order valence-corrected chi connectivity index (χ2v) is 5.88. The Morgan fingerprint density at radius 2 is 2.26 bits per heavy atom. The Bertz CT molecular complexity index is 502. The Labute approximate surface area is 119 Å². The predicted octanol–water partition coefficient (Wildman–Crippen LogP) is 3.90. The van der Waals surface area contributed by atoms with E-state index in [-0.39, 0.29) is 0 Å². The van der Waals surface area contributed by atoms with Gasteiger partial charge in [0.05, 0.1) is 11.1 Å². The number of aryl methyl sites for hydroxylation is 2.